The number of anilines is 2. The van der Waals surface area contributed by atoms with Gasteiger partial charge in [0.25, 0.3) is 0 Å². The molecule has 1 aromatic heterocycles. The summed E-state index contributed by atoms with van der Waals surface area (Å²) in [5, 5.41) is 16.2. The first kappa shape index (κ1) is 15.8. The molecular formula is C16H21FN4O2. The van der Waals surface area contributed by atoms with Crippen LogP contribution in [0.25, 0.3) is 0 Å². The van der Waals surface area contributed by atoms with Crippen molar-refractivity contribution in [1.29, 1.82) is 0 Å². The number of morpholine rings is 1. The van der Waals surface area contributed by atoms with Gasteiger partial charge in [0.15, 0.2) is 0 Å². The third-order valence-corrected chi connectivity index (χ3v) is 3.82. The van der Waals surface area contributed by atoms with Gasteiger partial charge in [-0.3, -0.25) is 4.68 Å². The highest BCUT2D eigenvalue weighted by Crippen LogP contribution is 2.22. The summed E-state index contributed by atoms with van der Waals surface area (Å²) < 4.78 is 21.3. The lowest BCUT2D eigenvalue weighted by Crippen LogP contribution is -2.36. The van der Waals surface area contributed by atoms with Gasteiger partial charge in [-0.2, -0.15) is 5.10 Å². The van der Waals surface area contributed by atoms with Crippen molar-refractivity contribution >= 4 is 11.4 Å². The number of halogens is 1. The molecule has 124 valence electrons. The third-order valence-electron chi connectivity index (χ3n) is 3.82. The average Bonchev–Trinajstić information content (AvgIpc) is 3.02. The van der Waals surface area contributed by atoms with Crippen LogP contribution in [0.1, 0.15) is 5.56 Å². The maximum absolute atomic E-state index is 14.3. The molecule has 6 nitrogen and oxygen atoms in total. The van der Waals surface area contributed by atoms with Crippen LogP contribution >= 0.6 is 0 Å². The number of nitrogens with one attached hydrogen (secondary N) is 1. The summed E-state index contributed by atoms with van der Waals surface area (Å²) in [5.41, 5.74) is 2.35. The zero-order chi connectivity index (χ0) is 16.1. The number of benzene rings is 1. The van der Waals surface area contributed by atoms with Crippen molar-refractivity contribution in [2.45, 2.75) is 13.1 Å². The van der Waals surface area contributed by atoms with Crippen LogP contribution in [0.15, 0.2) is 30.6 Å². The van der Waals surface area contributed by atoms with E-state index in [1.165, 1.54) is 0 Å². The molecule has 3 rings (SSSR count). The minimum absolute atomic E-state index is 0.0509. The van der Waals surface area contributed by atoms with Gasteiger partial charge in [0.05, 0.1) is 43.9 Å². The summed E-state index contributed by atoms with van der Waals surface area (Å²) in [7, 11) is 0. The topological polar surface area (TPSA) is 62.5 Å². The van der Waals surface area contributed by atoms with Gasteiger partial charge in [-0.05, 0) is 17.7 Å². The molecule has 1 fully saturated rings. The second kappa shape index (κ2) is 7.43. The highest BCUT2D eigenvalue weighted by atomic mass is 19.1. The van der Waals surface area contributed by atoms with Crippen molar-refractivity contribution in [3.8, 4) is 0 Å². The van der Waals surface area contributed by atoms with E-state index in [0.29, 0.717) is 32.0 Å². The number of ether oxygens (including phenoxy) is 1. The van der Waals surface area contributed by atoms with Crippen LogP contribution in [-0.4, -0.2) is 47.8 Å². The number of hydrogen-bond acceptors (Lipinski definition) is 5. The Kier molecular flexibility index (Phi) is 5.09. The molecule has 1 saturated heterocycles. The molecule has 1 aliphatic heterocycles. The van der Waals surface area contributed by atoms with Crippen LogP contribution in [0, 0.1) is 5.82 Å². The molecule has 0 spiro atoms. The standard InChI is InChI=1S/C16H21FN4O2/c17-15-9-13(1-2-16(15)20-4-7-23-8-5-20)10-18-14-11-19-21(12-14)3-6-22/h1-2,9,11-12,18,22H,3-8,10H2. The smallest absolute Gasteiger partial charge is 0.146 e. The molecule has 0 saturated carbocycles. The summed E-state index contributed by atoms with van der Waals surface area (Å²) in [4.78, 5) is 2.01. The van der Waals surface area contributed by atoms with Gasteiger partial charge in [-0.1, -0.05) is 6.07 Å². The Balaban J connectivity index is 1.60. The molecule has 2 aromatic rings. The predicted octanol–water partition coefficient (Wildman–Crippen LogP) is 1.46. The van der Waals surface area contributed by atoms with Crippen molar-refractivity contribution in [3.05, 3.63) is 42.0 Å². The van der Waals surface area contributed by atoms with Crippen molar-refractivity contribution in [3.63, 3.8) is 0 Å². The van der Waals surface area contributed by atoms with Crippen LogP contribution in [0.3, 0.4) is 0 Å². The van der Waals surface area contributed by atoms with E-state index in [4.69, 9.17) is 9.84 Å². The Bertz CT molecular complexity index is 641. The molecule has 0 aliphatic carbocycles. The fraction of sp³-hybridized carbons (Fsp3) is 0.438. The molecule has 0 radical (unpaired) electrons. The molecule has 0 unspecified atom stereocenters. The zero-order valence-electron chi connectivity index (χ0n) is 12.9. The lowest BCUT2D eigenvalue weighted by Gasteiger charge is -2.29. The van der Waals surface area contributed by atoms with Gasteiger partial charge in [0.2, 0.25) is 0 Å². The van der Waals surface area contributed by atoms with E-state index < -0.39 is 0 Å². The monoisotopic (exact) mass is 320 g/mol. The first-order valence-corrected chi connectivity index (χ1v) is 7.74. The molecule has 2 heterocycles. The van der Waals surface area contributed by atoms with Crippen LogP contribution in [0.2, 0.25) is 0 Å². The number of aromatic nitrogens is 2. The highest BCUT2D eigenvalue weighted by Gasteiger charge is 2.15. The highest BCUT2D eigenvalue weighted by molar-refractivity contribution is 5.50. The molecule has 0 bridgehead atoms. The van der Waals surface area contributed by atoms with Gasteiger partial charge in [-0.15, -0.1) is 0 Å². The van der Waals surface area contributed by atoms with E-state index in [0.717, 1.165) is 24.3 Å². The Morgan fingerprint density at radius 1 is 1.30 bits per heavy atom. The minimum Gasteiger partial charge on any atom is -0.394 e. The third kappa shape index (κ3) is 4.00. The molecule has 0 amide bonds. The van der Waals surface area contributed by atoms with Crippen molar-refractivity contribution in [1.82, 2.24) is 9.78 Å². The summed E-state index contributed by atoms with van der Waals surface area (Å²) in [6, 6.07) is 5.32. The normalized spacial score (nSPS) is 15.0. The summed E-state index contributed by atoms with van der Waals surface area (Å²) in [6.45, 7) is 3.75. The zero-order valence-corrected chi connectivity index (χ0v) is 12.9. The van der Waals surface area contributed by atoms with Gasteiger partial charge >= 0.3 is 0 Å². The molecule has 2 N–H and O–H groups in total. The number of hydrogen-bond donors (Lipinski definition) is 2. The maximum Gasteiger partial charge on any atom is 0.146 e. The predicted molar refractivity (Wildman–Crippen MR) is 86.1 cm³/mol. The first-order chi connectivity index (χ1) is 11.3. The first-order valence-electron chi connectivity index (χ1n) is 7.74. The fourth-order valence-corrected chi connectivity index (χ4v) is 2.60. The maximum atomic E-state index is 14.3. The van der Waals surface area contributed by atoms with Crippen LogP contribution in [0.5, 0.6) is 0 Å². The summed E-state index contributed by atoms with van der Waals surface area (Å²) in [5.74, 6) is -0.206. The quantitative estimate of drug-likeness (QED) is 0.844. The second-order valence-corrected chi connectivity index (χ2v) is 5.45. The lowest BCUT2D eigenvalue weighted by molar-refractivity contribution is 0.122. The summed E-state index contributed by atoms with van der Waals surface area (Å²) >= 11 is 0. The van der Waals surface area contributed by atoms with Gasteiger partial charge in [-0.25, -0.2) is 4.39 Å². The van der Waals surface area contributed by atoms with E-state index in [1.54, 1.807) is 16.9 Å². The largest absolute Gasteiger partial charge is 0.394 e. The van der Waals surface area contributed by atoms with Crippen LogP contribution in [-0.2, 0) is 17.8 Å². The Hall–Kier alpha value is -2.12. The number of nitrogens with zero attached hydrogens (tertiary/aromatic N) is 3. The number of aliphatic hydroxyl groups excluding tert-OH is 1. The summed E-state index contributed by atoms with van der Waals surface area (Å²) in [6.07, 6.45) is 3.50. The second-order valence-electron chi connectivity index (χ2n) is 5.45. The molecule has 1 aliphatic rings. The van der Waals surface area contributed by atoms with Crippen molar-refractivity contribution in [2.75, 3.05) is 43.1 Å². The van der Waals surface area contributed by atoms with Crippen molar-refractivity contribution < 1.29 is 14.2 Å². The number of rotatable bonds is 6. The average molecular weight is 320 g/mol. The molecule has 7 heteroatoms. The molecule has 0 atom stereocenters. The van der Waals surface area contributed by atoms with Gasteiger partial charge in [0, 0.05) is 25.8 Å². The van der Waals surface area contributed by atoms with Gasteiger partial charge < -0.3 is 20.1 Å². The van der Waals surface area contributed by atoms with E-state index in [1.807, 2.05) is 23.2 Å². The van der Waals surface area contributed by atoms with Crippen LogP contribution < -0.4 is 10.2 Å². The van der Waals surface area contributed by atoms with E-state index >= 15 is 0 Å². The Morgan fingerprint density at radius 2 is 2.13 bits per heavy atom. The number of aliphatic hydroxyl groups is 1. The Labute approximate surface area is 134 Å². The SMILES string of the molecule is OCCn1cc(NCc2ccc(N3CCOCC3)c(F)c2)cn1. The Morgan fingerprint density at radius 3 is 2.87 bits per heavy atom. The van der Waals surface area contributed by atoms with E-state index in [9.17, 15) is 4.39 Å². The molecule has 1 aromatic carbocycles. The fourth-order valence-electron chi connectivity index (χ4n) is 2.60. The van der Waals surface area contributed by atoms with E-state index in [2.05, 4.69) is 10.4 Å². The lowest BCUT2D eigenvalue weighted by atomic mass is 10.1. The molecule has 23 heavy (non-hydrogen) atoms. The van der Waals surface area contributed by atoms with E-state index in [-0.39, 0.29) is 12.4 Å². The van der Waals surface area contributed by atoms with Gasteiger partial charge in [0.1, 0.15) is 5.82 Å². The van der Waals surface area contributed by atoms with Crippen LogP contribution in [0.4, 0.5) is 15.8 Å². The molecular weight excluding hydrogens is 299 g/mol. The van der Waals surface area contributed by atoms with Crippen molar-refractivity contribution in [2.24, 2.45) is 0 Å². The minimum atomic E-state index is -0.206.